The van der Waals surface area contributed by atoms with Crippen LogP contribution in [0.1, 0.15) is 32.9 Å². The monoisotopic (exact) mass is 461 g/mol. The first kappa shape index (κ1) is 23.0. The van der Waals surface area contributed by atoms with Crippen molar-refractivity contribution in [3.8, 4) is 0 Å². The van der Waals surface area contributed by atoms with Crippen molar-refractivity contribution in [1.29, 1.82) is 0 Å². The second-order valence-corrected chi connectivity index (χ2v) is 9.86. The van der Waals surface area contributed by atoms with Gasteiger partial charge in [0.05, 0.1) is 22.8 Å². The molecule has 0 amide bonds. The van der Waals surface area contributed by atoms with E-state index in [4.69, 9.17) is 16.3 Å². The van der Waals surface area contributed by atoms with E-state index < -0.39 is 16.0 Å². The molecule has 0 saturated carbocycles. The van der Waals surface area contributed by atoms with E-state index in [0.29, 0.717) is 34.1 Å². The number of ether oxygens (including phenoxy) is 1. The van der Waals surface area contributed by atoms with E-state index in [1.165, 1.54) is 26.2 Å². The van der Waals surface area contributed by atoms with E-state index in [2.05, 4.69) is 5.10 Å². The third-order valence-corrected chi connectivity index (χ3v) is 7.09. The van der Waals surface area contributed by atoms with Crippen LogP contribution in [-0.4, -0.2) is 42.6 Å². The summed E-state index contributed by atoms with van der Waals surface area (Å²) in [6.45, 7) is 3.93. The minimum atomic E-state index is -3.56. The van der Waals surface area contributed by atoms with E-state index >= 15 is 0 Å². The lowest BCUT2D eigenvalue weighted by Crippen LogP contribution is -2.22. The largest absolute Gasteiger partial charge is 0.457 e. The Morgan fingerprint density at radius 2 is 1.84 bits per heavy atom. The highest BCUT2D eigenvalue weighted by molar-refractivity contribution is 7.89. The van der Waals surface area contributed by atoms with Crippen molar-refractivity contribution in [2.45, 2.75) is 31.9 Å². The number of carbonyl (C=O) groups excluding carboxylic acids is 1. The maximum Gasteiger partial charge on any atom is 0.342 e. The molecule has 0 spiro atoms. The van der Waals surface area contributed by atoms with Gasteiger partial charge in [-0.05, 0) is 43.2 Å². The molecule has 0 atom stereocenters. The molecule has 7 nitrogen and oxygen atoms in total. The van der Waals surface area contributed by atoms with E-state index in [0.717, 1.165) is 9.87 Å². The first-order valence-electron chi connectivity index (χ1n) is 9.57. The highest BCUT2D eigenvalue weighted by Gasteiger charge is 2.21. The molecule has 3 rings (SSSR count). The smallest absolute Gasteiger partial charge is 0.342 e. The second kappa shape index (κ2) is 9.21. The number of halogens is 1. The second-order valence-electron chi connectivity index (χ2n) is 7.31. The highest BCUT2D eigenvalue weighted by atomic mass is 35.5. The molecule has 164 valence electrons. The molecule has 31 heavy (non-hydrogen) atoms. The lowest BCUT2D eigenvalue weighted by atomic mass is 10.2. The van der Waals surface area contributed by atoms with E-state index in [1.807, 2.05) is 24.3 Å². The van der Waals surface area contributed by atoms with Crippen LogP contribution < -0.4 is 0 Å². The SMILES string of the molecule is Cc1nn(Cc2ccccc2Cl)c(C)c1C(=O)OCc1cccc(S(=O)(=O)N(C)C)c1. The van der Waals surface area contributed by atoms with Gasteiger partial charge in [-0.2, -0.15) is 5.10 Å². The van der Waals surface area contributed by atoms with Crippen LogP contribution in [0.3, 0.4) is 0 Å². The minimum absolute atomic E-state index is 0.0514. The first-order chi connectivity index (χ1) is 14.6. The molecule has 1 aromatic heterocycles. The van der Waals surface area contributed by atoms with Crippen molar-refractivity contribution in [2.24, 2.45) is 0 Å². The van der Waals surface area contributed by atoms with Crippen LogP contribution in [0.25, 0.3) is 0 Å². The average Bonchev–Trinajstić information content (AvgIpc) is 3.01. The number of aromatic nitrogens is 2. The Morgan fingerprint density at radius 3 is 2.52 bits per heavy atom. The molecule has 0 bridgehead atoms. The zero-order valence-corrected chi connectivity index (χ0v) is 19.4. The lowest BCUT2D eigenvalue weighted by molar-refractivity contribution is 0.0470. The van der Waals surface area contributed by atoms with Crippen LogP contribution >= 0.6 is 11.6 Å². The molecule has 3 aromatic rings. The molecular formula is C22H24ClN3O4S. The lowest BCUT2D eigenvalue weighted by Gasteiger charge is -2.12. The van der Waals surface area contributed by atoms with E-state index in [-0.39, 0.29) is 11.5 Å². The third-order valence-electron chi connectivity index (χ3n) is 4.91. The summed E-state index contributed by atoms with van der Waals surface area (Å²) in [5, 5.41) is 5.09. The molecule has 0 fully saturated rings. The van der Waals surface area contributed by atoms with Gasteiger partial charge in [0.2, 0.25) is 10.0 Å². The Kier molecular flexibility index (Phi) is 6.83. The van der Waals surface area contributed by atoms with Gasteiger partial charge in [-0.25, -0.2) is 17.5 Å². The normalized spacial score (nSPS) is 11.7. The summed E-state index contributed by atoms with van der Waals surface area (Å²) in [5.41, 5.74) is 3.10. The van der Waals surface area contributed by atoms with Gasteiger partial charge in [0.15, 0.2) is 0 Å². The van der Waals surface area contributed by atoms with Crippen molar-refractivity contribution < 1.29 is 17.9 Å². The maximum atomic E-state index is 12.8. The predicted octanol–water partition coefficient (Wildman–Crippen LogP) is 3.81. The molecule has 0 unspecified atom stereocenters. The zero-order chi connectivity index (χ0) is 22.8. The number of aryl methyl sites for hydroxylation is 1. The number of hydrogen-bond donors (Lipinski definition) is 0. The van der Waals surface area contributed by atoms with Gasteiger partial charge >= 0.3 is 5.97 Å². The molecule has 0 aliphatic carbocycles. The summed E-state index contributed by atoms with van der Waals surface area (Å²) in [5.74, 6) is -0.513. The number of sulfonamides is 1. The first-order valence-corrected chi connectivity index (χ1v) is 11.4. The molecule has 0 N–H and O–H groups in total. The van der Waals surface area contributed by atoms with Crippen LogP contribution in [0.2, 0.25) is 5.02 Å². The van der Waals surface area contributed by atoms with Crippen LogP contribution in [0.5, 0.6) is 0 Å². The fourth-order valence-electron chi connectivity index (χ4n) is 3.16. The molecular weight excluding hydrogens is 438 g/mol. The van der Waals surface area contributed by atoms with Gasteiger partial charge in [-0.1, -0.05) is 41.9 Å². The Morgan fingerprint density at radius 1 is 1.13 bits per heavy atom. The summed E-state index contributed by atoms with van der Waals surface area (Å²) in [6.07, 6.45) is 0. The Hall–Kier alpha value is -2.68. The summed E-state index contributed by atoms with van der Waals surface area (Å²) in [6, 6.07) is 13.8. The molecule has 2 aromatic carbocycles. The van der Waals surface area contributed by atoms with Gasteiger partial charge in [0.25, 0.3) is 0 Å². The average molecular weight is 462 g/mol. The summed E-state index contributed by atoms with van der Waals surface area (Å²) < 4.78 is 32.9. The van der Waals surface area contributed by atoms with Gasteiger partial charge < -0.3 is 4.74 Å². The van der Waals surface area contributed by atoms with E-state index in [9.17, 15) is 13.2 Å². The Balaban J connectivity index is 1.76. The minimum Gasteiger partial charge on any atom is -0.457 e. The van der Waals surface area contributed by atoms with Crippen molar-refractivity contribution >= 4 is 27.6 Å². The van der Waals surface area contributed by atoms with Gasteiger partial charge in [0.1, 0.15) is 12.2 Å². The number of benzene rings is 2. The number of nitrogens with zero attached hydrogens (tertiary/aromatic N) is 3. The fourth-order valence-corrected chi connectivity index (χ4v) is 4.33. The molecule has 0 aliphatic rings. The van der Waals surface area contributed by atoms with Crippen LogP contribution in [0, 0.1) is 13.8 Å². The summed E-state index contributed by atoms with van der Waals surface area (Å²) in [7, 11) is -0.633. The number of rotatable bonds is 7. The Labute approximate surface area is 187 Å². The fraction of sp³-hybridized carbons (Fsp3) is 0.273. The molecule has 9 heteroatoms. The van der Waals surface area contributed by atoms with E-state index in [1.54, 1.807) is 30.7 Å². The molecule has 1 heterocycles. The van der Waals surface area contributed by atoms with Crippen molar-refractivity contribution in [3.05, 3.63) is 81.6 Å². The molecule has 0 saturated heterocycles. The quantitative estimate of drug-likeness (QED) is 0.500. The van der Waals surface area contributed by atoms with Crippen molar-refractivity contribution in [2.75, 3.05) is 14.1 Å². The third kappa shape index (κ3) is 4.98. The predicted molar refractivity (Wildman–Crippen MR) is 119 cm³/mol. The number of hydrogen-bond acceptors (Lipinski definition) is 5. The standard InChI is InChI=1S/C22H24ClN3O4S/c1-15-21(16(2)26(24-15)13-18-9-5-6-11-20(18)23)22(27)30-14-17-8-7-10-19(12-17)31(28,29)25(3)4/h5-12H,13-14H2,1-4H3. The summed E-state index contributed by atoms with van der Waals surface area (Å²) >= 11 is 6.24. The van der Waals surface area contributed by atoms with Crippen LogP contribution in [0.4, 0.5) is 0 Å². The van der Waals surface area contributed by atoms with Gasteiger partial charge in [-0.15, -0.1) is 0 Å². The molecule has 0 radical (unpaired) electrons. The summed E-state index contributed by atoms with van der Waals surface area (Å²) in [4.78, 5) is 12.9. The van der Waals surface area contributed by atoms with Crippen LogP contribution in [0.15, 0.2) is 53.4 Å². The van der Waals surface area contributed by atoms with Crippen molar-refractivity contribution in [1.82, 2.24) is 14.1 Å². The maximum absolute atomic E-state index is 12.8. The van der Waals surface area contributed by atoms with Gasteiger partial charge in [0, 0.05) is 19.1 Å². The topological polar surface area (TPSA) is 81.5 Å². The van der Waals surface area contributed by atoms with Crippen LogP contribution in [-0.2, 0) is 27.9 Å². The molecule has 0 aliphatic heterocycles. The number of esters is 1. The highest BCUT2D eigenvalue weighted by Crippen LogP contribution is 2.21. The Bertz CT molecular complexity index is 1220. The zero-order valence-electron chi connectivity index (χ0n) is 17.8. The van der Waals surface area contributed by atoms with Gasteiger partial charge in [-0.3, -0.25) is 4.68 Å². The van der Waals surface area contributed by atoms with Crippen molar-refractivity contribution in [3.63, 3.8) is 0 Å². The number of carbonyl (C=O) groups is 1.